The Hall–Kier alpha value is -2.19. The van der Waals surface area contributed by atoms with Gasteiger partial charge in [-0.05, 0) is 38.0 Å². The van der Waals surface area contributed by atoms with E-state index in [0.717, 1.165) is 11.1 Å². The molecule has 0 unspecified atom stereocenters. The van der Waals surface area contributed by atoms with E-state index in [1.165, 1.54) is 4.31 Å². The number of aryl methyl sites for hydroxylation is 3. The summed E-state index contributed by atoms with van der Waals surface area (Å²) in [5.74, 6) is 0.333. The molecule has 8 heteroatoms. The van der Waals surface area contributed by atoms with Gasteiger partial charge in [-0.15, -0.1) is 0 Å². The zero-order chi connectivity index (χ0) is 18.2. The van der Waals surface area contributed by atoms with Gasteiger partial charge in [-0.1, -0.05) is 17.3 Å². The van der Waals surface area contributed by atoms with E-state index in [9.17, 15) is 13.2 Å². The van der Waals surface area contributed by atoms with Crippen LogP contribution in [0.3, 0.4) is 0 Å². The second kappa shape index (κ2) is 6.61. The molecule has 2 heterocycles. The first-order valence-corrected chi connectivity index (χ1v) is 9.53. The Morgan fingerprint density at radius 3 is 2.36 bits per heavy atom. The zero-order valence-electron chi connectivity index (χ0n) is 14.5. The monoisotopic (exact) mass is 363 g/mol. The van der Waals surface area contributed by atoms with Crippen molar-refractivity contribution in [2.24, 2.45) is 0 Å². The molecule has 7 nitrogen and oxygen atoms in total. The fourth-order valence-electron chi connectivity index (χ4n) is 2.89. The number of carbonyl (C=O) groups is 1. The number of hydrogen-bond donors (Lipinski definition) is 0. The van der Waals surface area contributed by atoms with Crippen LogP contribution in [-0.2, 0) is 10.0 Å². The third kappa shape index (κ3) is 3.45. The highest BCUT2D eigenvalue weighted by Gasteiger charge is 2.32. The number of aromatic nitrogens is 1. The van der Waals surface area contributed by atoms with Crippen molar-refractivity contribution in [2.45, 2.75) is 25.7 Å². The summed E-state index contributed by atoms with van der Waals surface area (Å²) in [6, 6.07) is 6.99. The van der Waals surface area contributed by atoms with E-state index in [0.29, 0.717) is 23.7 Å². The molecule has 0 aliphatic carbocycles. The lowest BCUT2D eigenvalue weighted by Crippen LogP contribution is -2.50. The predicted molar refractivity (Wildman–Crippen MR) is 91.8 cm³/mol. The first-order chi connectivity index (χ1) is 11.8. The summed E-state index contributed by atoms with van der Waals surface area (Å²) in [5, 5.41) is 3.73. The number of amides is 1. The predicted octanol–water partition coefficient (Wildman–Crippen LogP) is 1.75. The molecule has 0 atom stereocenters. The molecule has 1 aliphatic heterocycles. The minimum absolute atomic E-state index is 0.236. The summed E-state index contributed by atoms with van der Waals surface area (Å²) in [7, 11) is -3.56. The van der Waals surface area contributed by atoms with Crippen LogP contribution < -0.4 is 0 Å². The van der Waals surface area contributed by atoms with E-state index in [1.807, 2.05) is 19.1 Å². The number of nitrogens with zero attached hydrogens (tertiary/aromatic N) is 3. The van der Waals surface area contributed by atoms with Crippen molar-refractivity contribution in [1.29, 1.82) is 0 Å². The third-order valence-corrected chi connectivity index (χ3v) is 6.38. The Labute approximate surface area is 147 Å². The van der Waals surface area contributed by atoms with Crippen LogP contribution in [-0.4, -0.2) is 54.9 Å². The normalized spacial score (nSPS) is 16.2. The second-order valence-corrected chi connectivity index (χ2v) is 8.19. The molecule has 2 aromatic rings. The SMILES string of the molecule is Cc1ccc(C)c(S(=O)(=O)N2CCN(C(=O)c3cc(C)on3)CC2)c1. The summed E-state index contributed by atoms with van der Waals surface area (Å²) in [6.45, 7) is 6.56. The van der Waals surface area contributed by atoms with Crippen LogP contribution in [0.4, 0.5) is 0 Å². The second-order valence-electron chi connectivity index (χ2n) is 6.29. The van der Waals surface area contributed by atoms with Gasteiger partial charge in [-0.2, -0.15) is 4.31 Å². The zero-order valence-corrected chi connectivity index (χ0v) is 15.3. The fraction of sp³-hybridized carbons (Fsp3) is 0.412. The number of benzene rings is 1. The van der Waals surface area contributed by atoms with Gasteiger partial charge in [0, 0.05) is 32.2 Å². The van der Waals surface area contributed by atoms with Crippen LogP contribution in [0.25, 0.3) is 0 Å². The van der Waals surface area contributed by atoms with Gasteiger partial charge in [-0.3, -0.25) is 4.79 Å². The molecule has 3 rings (SSSR count). The van der Waals surface area contributed by atoms with Crippen molar-refractivity contribution in [3.8, 4) is 0 Å². The van der Waals surface area contributed by atoms with Gasteiger partial charge in [0.15, 0.2) is 5.69 Å². The van der Waals surface area contributed by atoms with Crippen LogP contribution in [0, 0.1) is 20.8 Å². The molecule has 0 saturated carbocycles. The van der Waals surface area contributed by atoms with Crippen molar-refractivity contribution >= 4 is 15.9 Å². The molecule has 0 N–H and O–H groups in total. The summed E-state index contributed by atoms with van der Waals surface area (Å²) >= 11 is 0. The van der Waals surface area contributed by atoms with E-state index >= 15 is 0 Å². The number of piperazine rings is 1. The first kappa shape index (κ1) is 17.6. The maximum atomic E-state index is 12.9. The molecule has 1 aromatic carbocycles. The lowest BCUT2D eigenvalue weighted by atomic mass is 10.2. The average molecular weight is 363 g/mol. The van der Waals surface area contributed by atoms with E-state index in [1.54, 1.807) is 30.9 Å². The van der Waals surface area contributed by atoms with Crippen molar-refractivity contribution < 1.29 is 17.7 Å². The van der Waals surface area contributed by atoms with Crippen LogP contribution in [0.1, 0.15) is 27.4 Å². The van der Waals surface area contributed by atoms with Crippen LogP contribution in [0.5, 0.6) is 0 Å². The highest BCUT2D eigenvalue weighted by atomic mass is 32.2. The molecular formula is C17H21N3O4S. The summed E-state index contributed by atoms with van der Waals surface area (Å²) in [6.07, 6.45) is 0. The van der Waals surface area contributed by atoms with E-state index < -0.39 is 10.0 Å². The third-order valence-electron chi connectivity index (χ3n) is 4.33. The van der Waals surface area contributed by atoms with Gasteiger partial charge in [0.2, 0.25) is 10.0 Å². The Morgan fingerprint density at radius 2 is 1.76 bits per heavy atom. The number of hydrogen-bond acceptors (Lipinski definition) is 5. The van der Waals surface area contributed by atoms with Crippen molar-refractivity contribution in [3.63, 3.8) is 0 Å². The molecule has 1 aromatic heterocycles. The van der Waals surface area contributed by atoms with Crippen LogP contribution >= 0.6 is 0 Å². The molecule has 0 spiro atoms. The van der Waals surface area contributed by atoms with Gasteiger partial charge in [0.1, 0.15) is 5.76 Å². The lowest BCUT2D eigenvalue weighted by Gasteiger charge is -2.33. The topological polar surface area (TPSA) is 83.7 Å². The molecule has 25 heavy (non-hydrogen) atoms. The van der Waals surface area contributed by atoms with Crippen molar-refractivity contribution in [2.75, 3.05) is 26.2 Å². The standard InChI is InChI=1S/C17H21N3O4S/c1-12-4-5-13(2)16(10-12)25(22,23)20-8-6-19(7-9-20)17(21)15-11-14(3)24-18-15/h4-5,10-11H,6-9H2,1-3H3. The Balaban J connectivity index is 1.73. The van der Waals surface area contributed by atoms with E-state index in [4.69, 9.17) is 4.52 Å². The largest absolute Gasteiger partial charge is 0.361 e. The highest BCUT2D eigenvalue weighted by molar-refractivity contribution is 7.89. The minimum atomic E-state index is -3.56. The molecular weight excluding hydrogens is 342 g/mol. The van der Waals surface area contributed by atoms with Gasteiger partial charge >= 0.3 is 0 Å². The average Bonchev–Trinajstić information content (AvgIpc) is 3.03. The molecule has 0 radical (unpaired) electrons. The smallest absolute Gasteiger partial charge is 0.276 e. The van der Waals surface area contributed by atoms with Gasteiger partial charge in [0.25, 0.3) is 5.91 Å². The van der Waals surface area contributed by atoms with Gasteiger partial charge in [-0.25, -0.2) is 8.42 Å². The van der Waals surface area contributed by atoms with Crippen molar-refractivity contribution in [1.82, 2.24) is 14.4 Å². The van der Waals surface area contributed by atoms with E-state index in [-0.39, 0.29) is 24.7 Å². The minimum Gasteiger partial charge on any atom is -0.361 e. The highest BCUT2D eigenvalue weighted by Crippen LogP contribution is 2.22. The van der Waals surface area contributed by atoms with Crippen LogP contribution in [0.2, 0.25) is 0 Å². The molecule has 1 saturated heterocycles. The first-order valence-electron chi connectivity index (χ1n) is 8.09. The number of sulfonamides is 1. The maximum absolute atomic E-state index is 12.9. The van der Waals surface area contributed by atoms with Gasteiger partial charge in [0.05, 0.1) is 4.90 Å². The number of rotatable bonds is 3. The Kier molecular flexibility index (Phi) is 4.66. The summed E-state index contributed by atoms with van der Waals surface area (Å²) in [5.41, 5.74) is 1.88. The maximum Gasteiger partial charge on any atom is 0.276 e. The molecule has 1 amide bonds. The molecule has 134 valence electrons. The van der Waals surface area contributed by atoms with Crippen molar-refractivity contribution in [3.05, 3.63) is 46.8 Å². The summed E-state index contributed by atoms with van der Waals surface area (Å²) < 4.78 is 32.2. The molecule has 1 fully saturated rings. The molecule has 0 bridgehead atoms. The Bertz CT molecular complexity index is 896. The van der Waals surface area contributed by atoms with Crippen LogP contribution in [0.15, 0.2) is 33.7 Å². The Morgan fingerprint density at radius 1 is 1.08 bits per heavy atom. The molecule has 1 aliphatic rings. The summed E-state index contributed by atoms with van der Waals surface area (Å²) in [4.78, 5) is 14.3. The quantitative estimate of drug-likeness (QED) is 0.829. The lowest BCUT2D eigenvalue weighted by molar-refractivity contribution is 0.0687. The fourth-order valence-corrected chi connectivity index (χ4v) is 4.62. The van der Waals surface area contributed by atoms with E-state index in [2.05, 4.69) is 5.16 Å². The number of carbonyl (C=O) groups excluding carboxylic acids is 1. The van der Waals surface area contributed by atoms with Gasteiger partial charge < -0.3 is 9.42 Å².